The number of hydrogen-bond acceptors (Lipinski definition) is 4. The van der Waals surface area contributed by atoms with Gasteiger partial charge in [-0.25, -0.2) is 0 Å². The molecular formula is C21H17ClN4OS. The molecule has 2 aliphatic heterocycles. The van der Waals surface area contributed by atoms with Crippen molar-refractivity contribution in [3.63, 3.8) is 0 Å². The standard InChI is InChI=1S/C21H17ClN4OS/c22-19-14-7-2-4-10-17(14)28-18(19)12-23-25-20-16-9-5-11-26(16)21(27)13-6-1-3-8-15(13)24-20/h1-4,6-8,10,12,16H,5,9,11H2,(H,24,25)/t16-/m0/s1. The van der Waals surface area contributed by atoms with E-state index in [-0.39, 0.29) is 11.9 Å². The van der Waals surface area contributed by atoms with Gasteiger partial charge in [0.2, 0.25) is 0 Å². The van der Waals surface area contributed by atoms with Crippen LogP contribution in [0, 0.1) is 0 Å². The highest BCUT2D eigenvalue weighted by Crippen LogP contribution is 2.34. The van der Waals surface area contributed by atoms with Crippen molar-refractivity contribution in [1.82, 2.24) is 4.90 Å². The second kappa shape index (κ2) is 7.04. The van der Waals surface area contributed by atoms with Crippen LogP contribution in [0.5, 0.6) is 0 Å². The lowest BCUT2D eigenvalue weighted by Gasteiger charge is -2.21. The highest BCUT2D eigenvalue weighted by Gasteiger charge is 2.37. The second-order valence-corrected chi connectivity index (χ2v) is 8.30. The van der Waals surface area contributed by atoms with E-state index in [1.807, 2.05) is 53.4 Å². The number of amides is 1. The van der Waals surface area contributed by atoms with Gasteiger partial charge in [-0.2, -0.15) is 5.10 Å². The van der Waals surface area contributed by atoms with E-state index in [1.54, 1.807) is 17.6 Å². The molecule has 1 saturated heterocycles. The van der Waals surface area contributed by atoms with Crippen LogP contribution in [0.3, 0.4) is 0 Å². The van der Waals surface area contributed by atoms with Crippen molar-refractivity contribution in [1.29, 1.82) is 0 Å². The summed E-state index contributed by atoms with van der Waals surface area (Å²) in [6.45, 7) is 0.740. The molecular weight excluding hydrogens is 392 g/mol. The van der Waals surface area contributed by atoms with Crippen LogP contribution in [0.15, 0.2) is 58.7 Å². The summed E-state index contributed by atoms with van der Waals surface area (Å²) < 4.78 is 1.12. The fraction of sp³-hybridized carbons (Fsp3) is 0.190. The number of fused-ring (bicyclic) bond motifs is 3. The molecule has 0 unspecified atom stereocenters. The average molecular weight is 409 g/mol. The zero-order valence-corrected chi connectivity index (χ0v) is 16.5. The SMILES string of the molecule is O=C1c2ccccc2N/C(=N/N=Cc2sc3ccccc3c2Cl)[C@@H]2CCCN12. The number of anilines is 1. The Morgan fingerprint density at radius 2 is 2.00 bits per heavy atom. The van der Waals surface area contributed by atoms with E-state index in [2.05, 4.69) is 15.5 Å². The van der Waals surface area contributed by atoms with Crippen LogP contribution in [0.25, 0.3) is 10.1 Å². The molecule has 0 radical (unpaired) electrons. The summed E-state index contributed by atoms with van der Waals surface area (Å²) in [5.41, 5.74) is 1.45. The van der Waals surface area contributed by atoms with Crippen molar-refractivity contribution in [3.8, 4) is 0 Å². The van der Waals surface area contributed by atoms with Crippen LogP contribution in [-0.4, -0.2) is 35.4 Å². The minimum Gasteiger partial charge on any atom is -0.340 e. The van der Waals surface area contributed by atoms with Crippen molar-refractivity contribution < 1.29 is 4.79 Å². The maximum Gasteiger partial charge on any atom is 0.256 e. The molecule has 140 valence electrons. The van der Waals surface area contributed by atoms with E-state index >= 15 is 0 Å². The summed E-state index contributed by atoms with van der Waals surface area (Å²) in [6, 6.07) is 15.5. The van der Waals surface area contributed by atoms with Gasteiger partial charge in [-0.3, -0.25) is 4.79 Å². The van der Waals surface area contributed by atoms with Crippen LogP contribution in [-0.2, 0) is 0 Å². The minimum absolute atomic E-state index is 0.0485. The number of hydrogen-bond donors (Lipinski definition) is 1. The lowest BCUT2D eigenvalue weighted by atomic mass is 10.1. The molecule has 1 atom stereocenters. The Morgan fingerprint density at radius 1 is 1.18 bits per heavy atom. The predicted octanol–water partition coefficient (Wildman–Crippen LogP) is 5.02. The van der Waals surface area contributed by atoms with Crippen LogP contribution in [0.1, 0.15) is 28.1 Å². The highest BCUT2D eigenvalue weighted by molar-refractivity contribution is 7.21. The van der Waals surface area contributed by atoms with E-state index in [4.69, 9.17) is 11.6 Å². The maximum absolute atomic E-state index is 12.9. The first kappa shape index (κ1) is 17.4. The summed E-state index contributed by atoms with van der Waals surface area (Å²) in [4.78, 5) is 15.6. The zero-order valence-electron chi connectivity index (χ0n) is 14.9. The minimum atomic E-state index is -0.0741. The smallest absolute Gasteiger partial charge is 0.256 e. The van der Waals surface area contributed by atoms with Crippen molar-refractivity contribution in [2.75, 3.05) is 11.9 Å². The molecule has 1 aromatic heterocycles. The summed E-state index contributed by atoms with van der Waals surface area (Å²) >= 11 is 8.07. The molecule has 3 aromatic rings. The molecule has 5 nitrogen and oxygen atoms in total. The number of nitrogens with zero attached hydrogens (tertiary/aromatic N) is 3. The molecule has 0 spiro atoms. The molecule has 2 aromatic carbocycles. The quantitative estimate of drug-likeness (QED) is 0.478. The third-order valence-corrected chi connectivity index (χ3v) is 6.77. The number of carbonyl (C=O) groups excluding carboxylic acids is 1. The van der Waals surface area contributed by atoms with Crippen LogP contribution in [0.4, 0.5) is 5.69 Å². The Kier molecular flexibility index (Phi) is 4.37. The van der Waals surface area contributed by atoms with Gasteiger partial charge in [0.1, 0.15) is 0 Å². The van der Waals surface area contributed by atoms with Crippen LogP contribution >= 0.6 is 22.9 Å². The topological polar surface area (TPSA) is 57.1 Å². The Balaban J connectivity index is 1.50. The number of rotatable bonds is 2. The molecule has 1 amide bonds. The molecule has 0 saturated carbocycles. The number of nitrogens with one attached hydrogen (secondary N) is 1. The summed E-state index contributed by atoms with van der Waals surface area (Å²) in [5, 5.41) is 13.8. The van der Waals surface area contributed by atoms with Gasteiger partial charge in [-0.05, 0) is 31.0 Å². The van der Waals surface area contributed by atoms with Crippen molar-refractivity contribution >= 4 is 56.7 Å². The Hall–Kier alpha value is -2.70. The third-order valence-electron chi connectivity index (χ3n) is 5.15. The molecule has 2 aliphatic rings. The van der Waals surface area contributed by atoms with Crippen LogP contribution in [0.2, 0.25) is 5.02 Å². The monoisotopic (exact) mass is 408 g/mol. The van der Waals surface area contributed by atoms with Gasteiger partial charge in [-0.1, -0.05) is 41.9 Å². The number of benzene rings is 2. The van der Waals surface area contributed by atoms with Gasteiger partial charge in [0.25, 0.3) is 5.91 Å². The van der Waals surface area contributed by atoms with E-state index in [0.29, 0.717) is 16.4 Å². The number of carbonyl (C=O) groups is 1. The normalized spacial score (nSPS) is 20.5. The van der Waals surface area contributed by atoms with Gasteiger partial charge in [0, 0.05) is 16.6 Å². The molecule has 0 bridgehead atoms. The molecule has 5 rings (SSSR count). The largest absolute Gasteiger partial charge is 0.340 e. The Bertz CT molecular complexity index is 1140. The van der Waals surface area contributed by atoms with E-state index in [9.17, 15) is 4.79 Å². The van der Waals surface area contributed by atoms with Crippen molar-refractivity contribution in [2.24, 2.45) is 10.2 Å². The number of para-hydroxylation sites is 1. The number of halogens is 1. The maximum atomic E-state index is 12.9. The van der Waals surface area contributed by atoms with Gasteiger partial charge in [-0.15, -0.1) is 16.4 Å². The molecule has 0 aliphatic carbocycles. The van der Waals surface area contributed by atoms with Crippen LogP contribution < -0.4 is 5.32 Å². The average Bonchev–Trinajstić information content (AvgIpc) is 3.30. The first-order valence-corrected chi connectivity index (χ1v) is 10.4. The lowest BCUT2D eigenvalue weighted by Crippen LogP contribution is -2.40. The van der Waals surface area contributed by atoms with Crippen molar-refractivity contribution in [3.05, 3.63) is 64.0 Å². The fourth-order valence-corrected chi connectivity index (χ4v) is 5.15. The molecule has 1 N–H and O–H groups in total. The molecule has 3 heterocycles. The lowest BCUT2D eigenvalue weighted by molar-refractivity contribution is 0.0773. The molecule has 7 heteroatoms. The zero-order chi connectivity index (χ0) is 19.1. The predicted molar refractivity (Wildman–Crippen MR) is 116 cm³/mol. The first-order valence-electron chi connectivity index (χ1n) is 9.17. The van der Waals surface area contributed by atoms with Gasteiger partial charge in [0.05, 0.1) is 33.4 Å². The number of thiophene rings is 1. The highest BCUT2D eigenvalue weighted by atomic mass is 35.5. The molecule has 28 heavy (non-hydrogen) atoms. The fourth-order valence-electron chi connectivity index (χ4n) is 3.80. The van der Waals surface area contributed by atoms with Gasteiger partial charge in [0.15, 0.2) is 5.84 Å². The first-order chi connectivity index (χ1) is 13.7. The Labute approximate surface area is 171 Å². The summed E-state index contributed by atoms with van der Waals surface area (Å²) in [7, 11) is 0. The Morgan fingerprint density at radius 3 is 2.89 bits per heavy atom. The third kappa shape index (κ3) is 2.89. The van der Waals surface area contributed by atoms with Crippen molar-refractivity contribution in [2.45, 2.75) is 18.9 Å². The molecule has 1 fully saturated rings. The van der Waals surface area contributed by atoms with Gasteiger partial charge >= 0.3 is 0 Å². The van der Waals surface area contributed by atoms with Gasteiger partial charge < -0.3 is 10.2 Å². The number of amidine groups is 1. The second-order valence-electron chi connectivity index (χ2n) is 6.83. The van der Waals surface area contributed by atoms with E-state index in [1.165, 1.54) is 0 Å². The summed E-state index contributed by atoms with van der Waals surface area (Å²) in [6.07, 6.45) is 3.54. The van der Waals surface area contributed by atoms with E-state index in [0.717, 1.165) is 40.0 Å². The van der Waals surface area contributed by atoms with E-state index < -0.39 is 0 Å². The summed E-state index contributed by atoms with van der Waals surface area (Å²) in [5.74, 6) is 0.747.